The fourth-order valence-corrected chi connectivity index (χ4v) is 6.83. The normalized spacial score (nSPS) is 22.0. The molecule has 4 aromatic rings. The van der Waals surface area contributed by atoms with E-state index < -0.39 is 11.8 Å². The molecular formula is C31H26N6O4. The van der Waals surface area contributed by atoms with Crippen molar-refractivity contribution in [3.63, 3.8) is 0 Å². The number of hydrogen-bond donors (Lipinski definition) is 1. The van der Waals surface area contributed by atoms with Gasteiger partial charge in [0.05, 0.1) is 40.8 Å². The van der Waals surface area contributed by atoms with Crippen LogP contribution in [0.5, 0.6) is 0 Å². The number of terminal acetylenes is 1. The van der Waals surface area contributed by atoms with Gasteiger partial charge in [-0.1, -0.05) is 12.0 Å². The molecule has 1 aromatic carbocycles. The Morgan fingerprint density at radius 1 is 1.05 bits per heavy atom. The number of hydrogen-bond acceptors (Lipinski definition) is 5. The number of likely N-dealkylation sites (tertiary alicyclic amines) is 1. The van der Waals surface area contributed by atoms with Crippen molar-refractivity contribution in [2.24, 2.45) is 0 Å². The molecule has 2 atom stereocenters. The van der Waals surface area contributed by atoms with Crippen molar-refractivity contribution in [3.05, 3.63) is 71.3 Å². The molecule has 3 aromatic heterocycles. The number of fused-ring (bicyclic) bond motifs is 3. The molecule has 0 radical (unpaired) electrons. The number of imidazole rings is 1. The molecule has 0 saturated carbocycles. The summed E-state index contributed by atoms with van der Waals surface area (Å²) in [5.74, 6) is 1.81. The zero-order valence-corrected chi connectivity index (χ0v) is 22.2. The SMILES string of the molecule is C#Cc1cc2c3c(c1)c(C1=C(c4cnc5ccccn45)C(=O)NC1=O)cn3CCN(C(=O)N1CC3CCC(C1)O3)C2. The van der Waals surface area contributed by atoms with Crippen molar-refractivity contribution in [1.29, 1.82) is 0 Å². The zero-order valence-electron chi connectivity index (χ0n) is 22.2. The highest BCUT2D eigenvalue weighted by molar-refractivity contribution is 6.49. The molecule has 41 heavy (non-hydrogen) atoms. The molecule has 10 nitrogen and oxygen atoms in total. The van der Waals surface area contributed by atoms with Gasteiger partial charge in [-0.2, -0.15) is 0 Å². The monoisotopic (exact) mass is 546 g/mol. The Balaban J connectivity index is 1.25. The molecule has 4 aliphatic heterocycles. The quantitative estimate of drug-likeness (QED) is 0.308. The second kappa shape index (κ2) is 8.81. The second-order valence-electron chi connectivity index (χ2n) is 11.1. The number of imide groups is 1. The summed E-state index contributed by atoms with van der Waals surface area (Å²) in [5.41, 5.74) is 4.88. The number of amides is 4. The van der Waals surface area contributed by atoms with Crippen molar-refractivity contribution in [2.75, 3.05) is 19.6 Å². The highest BCUT2D eigenvalue weighted by Gasteiger charge is 2.39. The van der Waals surface area contributed by atoms with E-state index in [1.54, 1.807) is 10.6 Å². The summed E-state index contributed by atoms with van der Waals surface area (Å²) >= 11 is 0. The first-order valence-corrected chi connectivity index (χ1v) is 13.8. The maximum absolute atomic E-state index is 13.6. The molecule has 8 rings (SSSR count). The van der Waals surface area contributed by atoms with E-state index in [4.69, 9.17) is 11.2 Å². The highest BCUT2D eigenvalue weighted by Crippen LogP contribution is 2.39. The van der Waals surface area contributed by atoms with Gasteiger partial charge in [0.1, 0.15) is 5.65 Å². The van der Waals surface area contributed by atoms with Crippen molar-refractivity contribution in [1.82, 2.24) is 29.1 Å². The van der Waals surface area contributed by atoms with Gasteiger partial charge in [0.2, 0.25) is 0 Å². The Morgan fingerprint density at radius 2 is 1.85 bits per heavy atom. The van der Waals surface area contributed by atoms with Crippen LogP contribution in [0.3, 0.4) is 0 Å². The van der Waals surface area contributed by atoms with Gasteiger partial charge in [-0.05, 0) is 42.7 Å². The van der Waals surface area contributed by atoms with Crippen LogP contribution in [-0.4, -0.2) is 73.4 Å². The summed E-state index contributed by atoms with van der Waals surface area (Å²) in [6, 6.07) is 9.40. The number of morpholine rings is 1. The lowest BCUT2D eigenvalue weighted by molar-refractivity contribution is -0.122. The molecule has 0 spiro atoms. The van der Waals surface area contributed by atoms with Crippen molar-refractivity contribution in [2.45, 2.75) is 38.1 Å². The lowest BCUT2D eigenvalue weighted by Gasteiger charge is -2.35. The molecule has 2 fully saturated rings. The van der Waals surface area contributed by atoms with Crippen LogP contribution in [-0.2, 0) is 27.4 Å². The van der Waals surface area contributed by atoms with Gasteiger partial charge in [-0.3, -0.25) is 19.3 Å². The molecule has 1 N–H and O–H groups in total. The summed E-state index contributed by atoms with van der Waals surface area (Å²) in [6.45, 7) is 2.66. The third kappa shape index (κ3) is 3.62. The van der Waals surface area contributed by atoms with Crippen molar-refractivity contribution in [3.8, 4) is 12.3 Å². The molecule has 4 amide bonds. The Hall–Kier alpha value is -4.88. The molecule has 2 bridgehead atoms. The van der Waals surface area contributed by atoms with E-state index >= 15 is 0 Å². The number of pyridine rings is 1. The Bertz CT molecular complexity index is 1880. The predicted octanol–water partition coefficient (Wildman–Crippen LogP) is 2.64. The molecule has 4 aliphatic rings. The molecule has 204 valence electrons. The Kier molecular flexibility index (Phi) is 5.15. The molecular weight excluding hydrogens is 520 g/mol. The predicted molar refractivity (Wildman–Crippen MR) is 150 cm³/mol. The Morgan fingerprint density at radius 3 is 2.66 bits per heavy atom. The van der Waals surface area contributed by atoms with Gasteiger partial charge < -0.3 is 19.1 Å². The van der Waals surface area contributed by atoms with E-state index in [0.717, 1.165) is 29.3 Å². The average molecular weight is 547 g/mol. The summed E-state index contributed by atoms with van der Waals surface area (Å²) in [4.78, 5) is 48.4. The number of carbonyl (C=O) groups is 3. The van der Waals surface area contributed by atoms with Gasteiger partial charge in [0.15, 0.2) is 0 Å². The van der Waals surface area contributed by atoms with E-state index in [-0.39, 0.29) is 23.8 Å². The number of carbonyl (C=O) groups excluding carboxylic acids is 3. The first kappa shape index (κ1) is 24.0. The largest absolute Gasteiger partial charge is 0.371 e. The van der Waals surface area contributed by atoms with Gasteiger partial charge in [-0.15, -0.1) is 6.42 Å². The average Bonchev–Trinajstić information content (AvgIpc) is 3.69. The van der Waals surface area contributed by atoms with Gasteiger partial charge >= 0.3 is 6.03 Å². The summed E-state index contributed by atoms with van der Waals surface area (Å²) in [7, 11) is 0. The van der Waals surface area contributed by atoms with Crippen molar-refractivity contribution < 1.29 is 19.1 Å². The first-order chi connectivity index (χ1) is 20.0. The minimum Gasteiger partial charge on any atom is -0.371 e. The molecule has 7 heterocycles. The summed E-state index contributed by atoms with van der Waals surface area (Å²) in [5, 5.41) is 3.27. The molecule has 10 heteroatoms. The van der Waals surface area contributed by atoms with Crippen LogP contribution in [0.15, 0.2) is 48.9 Å². The number of nitrogens with one attached hydrogen (secondary N) is 1. The Labute approximate surface area is 235 Å². The van der Waals surface area contributed by atoms with Crippen LogP contribution in [0.1, 0.15) is 35.2 Å². The fourth-order valence-electron chi connectivity index (χ4n) is 6.83. The first-order valence-electron chi connectivity index (χ1n) is 13.8. The number of urea groups is 1. The molecule has 0 aliphatic carbocycles. The van der Waals surface area contributed by atoms with Crippen LogP contribution in [0.25, 0.3) is 27.7 Å². The van der Waals surface area contributed by atoms with E-state index in [1.807, 2.05) is 52.5 Å². The van der Waals surface area contributed by atoms with E-state index in [9.17, 15) is 14.4 Å². The van der Waals surface area contributed by atoms with Crippen LogP contribution >= 0.6 is 0 Å². The lowest BCUT2D eigenvalue weighted by Crippen LogP contribution is -2.51. The fraction of sp³-hybridized carbons (Fsp3) is 0.290. The van der Waals surface area contributed by atoms with Crippen LogP contribution in [0.4, 0.5) is 4.79 Å². The van der Waals surface area contributed by atoms with Gasteiger partial charge in [0, 0.05) is 61.6 Å². The maximum atomic E-state index is 13.6. The summed E-state index contributed by atoms with van der Waals surface area (Å²) in [6.07, 6.45) is 13.5. The lowest BCUT2D eigenvalue weighted by atomic mass is 9.96. The van der Waals surface area contributed by atoms with E-state index in [1.165, 1.54) is 0 Å². The standard InChI is InChI=1S/C31H26N6O4/c1-2-18-11-19-14-35(31(40)36-15-20-6-7-21(16-36)41-20)10-9-34-17-23(22(12-18)28(19)34)26-27(30(39)33-29(26)38)24-13-32-25-5-3-4-8-37(24)25/h1,3-5,8,11-13,17,20-21H,6-7,9-10,14-16H2,(H,33,38,39). The van der Waals surface area contributed by atoms with Crippen molar-refractivity contribution >= 4 is 45.5 Å². The number of rotatable bonds is 2. The maximum Gasteiger partial charge on any atom is 0.320 e. The molecule has 2 saturated heterocycles. The topological polar surface area (TPSA) is 101 Å². The summed E-state index contributed by atoms with van der Waals surface area (Å²) < 4.78 is 9.81. The second-order valence-corrected chi connectivity index (χ2v) is 11.1. The number of ether oxygens (including phenoxy) is 1. The third-order valence-electron chi connectivity index (χ3n) is 8.65. The van der Waals surface area contributed by atoms with E-state index in [0.29, 0.717) is 60.8 Å². The van der Waals surface area contributed by atoms with E-state index in [2.05, 4.69) is 20.8 Å². The smallest absolute Gasteiger partial charge is 0.320 e. The number of benzene rings is 1. The molecule has 2 unspecified atom stereocenters. The minimum absolute atomic E-state index is 0.00816. The number of nitrogens with zero attached hydrogens (tertiary/aromatic N) is 5. The number of aromatic nitrogens is 3. The third-order valence-corrected chi connectivity index (χ3v) is 8.65. The highest BCUT2D eigenvalue weighted by atomic mass is 16.5. The minimum atomic E-state index is -0.465. The van der Waals surface area contributed by atoms with Crippen LogP contribution < -0.4 is 5.32 Å². The van der Waals surface area contributed by atoms with Crippen LogP contribution in [0.2, 0.25) is 0 Å². The van der Waals surface area contributed by atoms with Gasteiger partial charge in [0.25, 0.3) is 11.8 Å². The van der Waals surface area contributed by atoms with Gasteiger partial charge in [-0.25, -0.2) is 9.78 Å². The van der Waals surface area contributed by atoms with Crippen LogP contribution in [0, 0.1) is 12.3 Å². The zero-order chi connectivity index (χ0) is 27.8.